The number of rotatable bonds is 1. The Bertz CT molecular complexity index is 1210. The first-order valence-corrected chi connectivity index (χ1v) is 11.9. The van der Waals surface area contributed by atoms with Crippen LogP contribution in [-0.4, -0.2) is 0 Å². The summed E-state index contributed by atoms with van der Waals surface area (Å²) in [5.74, 6) is 0. The molecule has 0 N–H and O–H groups in total. The molecule has 1 aromatic heterocycles. The largest absolute Gasteiger partial charge is 0.209 e. The number of fused-ring (bicyclic) bond motifs is 3. The lowest BCUT2D eigenvalue weighted by atomic mass is 10.1. The zero-order valence-electron chi connectivity index (χ0n) is 13.7. The minimum Gasteiger partial charge on any atom is -0.0817 e. The quantitative estimate of drug-likeness (QED) is 0.126. The standard InChI is InChI=1S/C19H7Cl8S/c1-6-2-4-7(5-3-6)28-18-8(10(20)12(22)14(24)16(18)26)9-11(21)13(23)15(25)17(27)19(9)28/h2-5H,1H3/q+1. The highest BCUT2D eigenvalue weighted by atomic mass is 35.5. The highest BCUT2D eigenvalue weighted by molar-refractivity contribution is 7.51. The molecule has 0 fully saturated rings. The molecular formula is C19H7Cl8S+. The van der Waals surface area contributed by atoms with Crippen LogP contribution in [0.4, 0.5) is 0 Å². The Morgan fingerprint density at radius 3 is 1.25 bits per heavy atom. The van der Waals surface area contributed by atoms with Gasteiger partial charge in [-0.3, -0.25) is 0 Å². The van der Waals surface area contributed by atoms with Gasteiger partial charge in [0.2, 0.25) is 9.40 Å². The second kappa shape index (κ2) is 7.71. The predicted octanol–water partition coefficient (Wildman–Crippen LogP) is 11.3. The van der Waals surface area contributed by atoms with E-state index in [1.807, 2.05) is 31.2 Å². The Labute approximate surface area is 203 Å². The lowest BCUT2D eigenvalue weighted by Gasteiger charge is -2.04. The molecule has 0 aliphatic rings. The predicted molar refractivity (Wildman–Crippen MR) is 130 cm³/mol. The van der Waals surface area contributed by atoms with Gasteiger partial charge in [0, 0.05) is 10.5 Å². The monoisotopic (exact) mass is 547 g/mol. The second-order valence-corrected chi connectivity index (χ2v) is 11.0. The van der Waals surface area contributed by atoms with E-state index in [1.54, 1.807) is 0 Å². The minimum absolute atomic E-state index is 0.144. The van der Waals surface area contributed by atoms with Gasteiger partial charge in [-0.05, 0) is 19.1 Å². The summed E-state index contributed by atoms with van der Waals surface area (Å²) in [5, 5.41) is 2.86. The van der Waals surface area contributed by atoms with E-state index in [2.05, 4.69) is 0 Å². The summed E-state index contributed by atoms with van der Waals surface area (Å²) >= 11 is 51.9. The van der Waals surface area contributed by atoms with Crippen molar-refractivity contribution in [1.29, 1.82) is 0 Å². The number of halogens is 8. The summed E-state index contributed by atoms with van der Waals surface area (Å²) in [6, 6.07) is 7.99. The molecule has 28 heavy (non-hydrogen) atoms. The first kappa shape index (κ1) is 21.4. The van der Waals surface area contributed by atoms with Crippen LogP contribution in [0.2, 0.25) is 40.2 Å². The lowest BCUT2D eigenvalue weighted by Crippen LogP contribution is -1.80. The number of hydrogen-bond acceptors (Lipinski definition) is 0. The van der Waals surface area contributed by atoms with Crippen LogP contribution < -0.4 is 0 Å². The Balaban J connectivity index is 2.41. The molecule has 4 rings (SSSR count). The SMILES string of the molecule is Cc1ccc(-[s+]2c3c(Cl)c(Cl)c(Cl)c(Cl)c3c3c(Cl)c(Cl)c(Cl)c(Cl)c32)cc1. The Morgan fingerprint density at radius 1 is 0.500 bits per heavy atom. The molecule has 9 heteroatoms. The molecule has 0 nitrogen and oxygen atoms in total. The van der Waals surface area contributed by atoms with E-state index in [-0.39, 0.29) is 30.1 Å². The van der Waals surface area contributed by atoms with Crippen molar-refractivity contribution in [2.75, 3.05) is 0 Å². The van der Waals surface area contributed by atoms with Gasteiger partial charge in [-0.1, -0.05) is 111 Å². The summed E-state index contributed by atoms with van der Waals surface area (Å²) in [7, 11) is -0.749. The van der Waals surface area contributed by atoms with E-state index in [0.29, 0.717) is 30.2 Å². The highest BCUT2D eigenvalue weighted by Crippen LogP contribution is 2.61. The Kier molecular flexibility index (Phi) is 5.90. The van der Waals surface area contributed by atoms with Gasteiger partial charge in [0.1, 0.15) is 10.0 Å². The highest BCUT2D eigenvalue weighted by Gasteiger charge is 2.36. The van der Waals surface area contributed by atoms with Crippen LogP contribution in [0.3, 0.4) is 0 Å². The fraction of sp³-hybridized carbons (Fsp3) is 0.0526. The fourth-order valence-electron chi connectivity index (χ4n) is 3.07. The first-order chi connectivity index (χ1) is 13.2. The molecule has 0 amide bonds. The van der Waals surface area contributed by atoms with E-state index < -0.39 is 10.5 Å². The van der Waals surface area contributed by atoms with Crippen molar-refractivity contribution < 1.29 is 0 Å². The van der Waals surface area contributed by atoms with Crippen LogP contribution in [0.1, 0.15) is 5.56 Å². The van der Waals surface area contributed by atoms with Gasteiger partial charge in [-0.2, -0.15) is 0 Å². The number of thiophene rings is 1. The Morgan fingerprint density at radius 2 is 0.857 bits per heavy atom. The topological polar surface area (TPSA) is 0 Å². The van der Waals surface area contributed by atoms with Gasteiger partial charge in [-0.25, -0.2) is 0 Å². The maximum absolute atomic E-state index is 6.65. The molecule has 1 heterocycles. The van der Waals surface area contributed by atoms with Gasteiger partial charge < -0.3 is 0 Å². The second-order valence-electron chi connectivity index (χ2n) is 6.04. The van der Waals surface area contributed by atoms with E-state index >= 15 is 0 Å². The molecule has 144 valence electrons. The molecule has 4 aromatic rings. The molecule has 3 aromatic carbocycles. The summed E-state index contributed by atoms with van der Waals surface area (Å²) in [6.07, 6.45) is 0. The van der Waals surface area contributed by atoms with Crippen LogP contribution >= 0.6 is 103 Å². The summed E-state index contributed by atoms with van der Waals surface area (Å²) in [5.41, 5.74) is 1.11. The van der Waals surface area contributed by atoms with E-state index in [1.165, 1.54) is 0 Å². The van der Waals surface area contributed by atoms with Crippen molar-refractivity contribution in [1.82, 2.24) is 0 Å². The minimum atomic E-state index is -0.749. The van der Waals surface area contributed by atoms with Gasteiger partial charge in [0.05, 0.1) is 40.9 Å². The van der Waals surface area contributed by atoms with Crippen molar-refractivity contribution in [2.45, 2.75) is 6.92 Å². The normalized spacial score (nSPS) is 11.8. The molecule has 0 saturated heterocycles. The molecular weight excluding hydrogens is 544 g/mol. The van der Waals surface area contributed by atoms with Gasteiger partial charge >= 0.3 is 0 Å². The zero-order valence-corrected chi connectivity index (χ0v) is 20.6. The van der Waals surface area contributed by atoms with Crippen molar-refractivity contribution >= 4 is 123 Å². The molecule has 0 spiro atoms. The van der Waals surface area contributed by atoms with E-state index in [9.17, 15) is 0 Å². The molecule has 0 bridgehead atoms. The lowest BCUT2D eigenvalue weighted by molar-refractivity contribution is 1.49. The molecule has 0 radical (unpaired) electrons. The smallest absolute Gasteiger partial charge is 0.0817 e. The average molecular weight is 551 g/mol. The van der Waals surface area contributed by atoms with Crippen molar-refractivity contribution in [2.24, 2.45) is 0 Å². The van der Waals surface area contributed by atoms with E-state index in [4.69, 9.17) is 92.8 Å². The van der Waals surface area contributed by atoms with Crippen LogP contribution in [0.25, 0.3) is 25.1 Å². The summed E-state index contributed by atoms with van der Waals surface area (Å²) < 4.78 is 1.39. The molecule has 0 aliphatic carbocycles. The number of aryl methyl sites for hydroxylation is 1. The molecule has 0 aliphatic heterocycles. The average Bonchev–Trinajstić information content (AvgIpc) is 3.04. The van der Waals surface area contributed by atoms with Crippen molar-refractivity contribution in [3.63, 3.8) is 0 Å². The van der Waals surface area contributed by atoms with Crippen LogP contribution in [0.15, 0.2) is 24.3 Å². The molecule has 0 atom stereocenters. The van der Waals surface area contributed by atoms with Crippen molar-refractivity contribution in [3.8, 4) is 4.90 Å². The number of benzene rings is 3. The van der Waals surface area contributed by atoms with Gasteiger partial charge in [0.15, 0.2) is 4.90 Å². The zero-order chi connectivity index (χ0) is 20.5. The summed E-state index contributed by atoms with van der Waals surface area (Å²) in [4.78, 5) is 0.957. The number of hydrogen-bond donors (Lipinski definition) is 0. The Hall–Kier alpha value is 0.200. The van der Waals surface area contributed by atoms with Gasteiger partial charge in [-0.15, -0.1) is 0 Å². The third-order valence-electron chi connectivity index (χ3n) is 4.36. The van der Waals surface area contributed by atoms with Crippen LogP contribution in [0.5, 0.6) is 0 Å². The summed E-state index contributed by atoms with van der Waals surface area (Å²) in [6.45, 7) is 2.00. The molecule has 0 saturated carbocycles. The maximum Gasteiger partial charge on any atom is 0.209 e. The maximum atomic E-state index is 6.65. The third-order valence-corrected chi connectivity index (χ3v) is 10.6. The van der Waals surface area contributed by atoms with Gasteiger partial charge in [0.25, 0.3) is 0 Å². The third kappa shape index (κ3) is 3.02. The van der Waals surface area contributed by atoms with E-state index in [0.717, 1.165) is 10.5 Å². The van der Waals surface area contributed by atoms with Crippen LogP contribution in [-0.2, 0) is 0 Å². The first-order valence-electron chi connectivity index (χ1n) is 7.70. The van der Waals surface area contributed by atoms with Crippen molar-refractivity contribution in [3.05, 3.63) is 70.0 Å². The fourth-order valence-corrected chi connectivity index (χ4v) is 8.11. The molecule has 0 unspecified atom stereocenters. The van der Waals surface area contributed by atoms with Crippen LogP contribution in [0, 0.1) is 6.92 Å².